The molecule has 0 saturated heterocycles. The van der Waals surface area contributed by atoms with Crippen LogP contribution in [0.1, 0.15) is 17.0 Å². The summed E-state index contributed by atoms with van der Waals surface area (Å²) < 4.78 is 8.48. The Balaban J connectivity index is 2.06. The predicted octanol–water partition coefficient (Wildman–Crippen LogP) is 2.56. The molecule has 0 aliphatic carbocycles. The molecule has 2 rings (SSSR count). The normalized spacial score (nSPS) is 10.7. The smallest absolute Gasteiger partial charge is 0.131 e. The summed E-state index contributed by atoms with van der Waals surface area (Å²) in [7, 11) is 1.89. The maximum Gasteiger partial charge on any atom is 0.131 e. The molecule has 4 nitrogen and oxygen atoms in total. The van der Waals surface area contributed by atoms with Gasteiger partial charge >= 0.3 is 0 Å². The summed E-state index contributed by atoms with van der Waals surface area (Å²) >= 11 is 3.50. The van der Waals surface area contributed by atoms with E-state index in [4.69, 9.17) is 9.84 Å². The van der Waals surface area contributed by atoms with E-state index in [2.05, 4.69) is 21.0 Å². The highest BCUT2D eigenvalue weighted by atomic mass is 79.9. The van der Waals surface area contributed by atoms with Crippen LogP contribution in [0.4, 0.5) is 0 Å². The van der Waals surface area contributed by atoms with Crippen LogP contribution in [0.25, 0.3) is 0 Å². The molecule has 1 N–H and O–H groups in total. The number of rotatable bonds is 4. The molecule has 0 saturated carbocycles. The van der Waals surface area contributed by atoms with Gasteiger partial charge in [0.2, 0.25) is 0 Å². The van der Waals surface area contributed by atoms with Crippen LogP contribution in [0.3, 0.4) is 0 Å². The topological polar surface area (TPSA) is 47.3 Å². The monoisotopic (exact) mass is 310 g/mol. The van der Waals surface area contributed by atoms with E-state index >= 15 is 0 Å². The number of nitrogens with zero attached hydrogens (tertiary/aromatic N) is 2. The van der Waals surface area contributed by atoms with Gasteiger partial charge in [0.1, 0.15) is 12.4 Å². The van der Waals surface area contributed by atoms with Gasteiger partial charge in [0.15, 0.2) is 0 Å². The third kappa shape index (κ3) is 2.73. The van der Waals surface area contributed by atoms with Crippen LogP contribution in [0.5, 0.6) is 5.75 Å². The van der Waals surface area contributed by atoms with Crippen LogP contribution in [0.15, 0.2) is 28.7 Å². The van der Waals surface area contributed by atoms with E-state index in [-0.39, 0.29) is 6.61 Å². The number of halogens is 1. The maximum atomic E-state index is 8.95. The quantitative estimate of drug-likeness (QED) is 0.944. The second-order valence-electron chi connectivity index (χ2n) is 4.06. The molecule has 1 aromatic carbocycles. The van der Waals surface area contributed by atoms with Gasteiger partial charge in [0, 0.05) is 7.05 Å². The zero-order valence-electron chi connectivity index (χ0n) is 10.4. The molecule has 0 spiro atoms. The second kappa shape index (κ2) is 5.54. The summed E-state index contributed by atoms with van der Waals surface area (Å²) in [5.41, 5.74) is 2.82. The Kier molecular flexibility index (Phi) is 4.04. The first-order valence-electron chi connectivity index (χ1n) is 5.62. The summed E-state index contributed by atoms with van der Waals surface area (Å²) in [6.45, 7) is 2.45. The number of aliphatic hydroxyl groups is 1. The van der Waals surface area contributed by atoms with E-state index in [1.807, 2.05) is 42.9 Å². The lowest BCUT2D eigenvalue weighted by atomic mass is 10.2. The van der Waals surface area contributed by atoms with Crippen LogP contribution < -0.4 is 4.74 Å². The largest absolute Gasteiger partial charge is 0.487 e. The minimum Gasteiger partial charge on any atom is -0.487 e. The highest BCUT2D eigenvalue weighted by Crippen LogP contribution is 2.22. The summed E-state index contributed by atoms with van der Waals surface area (Å²) in [4.78, 5) is 0. The number of ether oxygens (including phenoxy) is 1. The lowest BCUT2D eigenvalue weighted by Crippen LogP contribution is -2.03. The SMILES string of the molecule is Cc1nn(C)c(COc2ccc(CO)cc2)c1Br. The number of aromatic nitrogens is 2. The standard InChI is InChI=1S/C13H15BrN2O2/c1-9-13(14)12(16(2)15-9)8-18-11-5-3-10(7-17)4-6-11/h3-6,17H,7-8H2,1-2H3. The highest BCUT2D eigenvalue weighted by molar-refractivity contribution is 9.10. The van der Waals surface area contributed by atoms with Crippen molar-refractivity contribution in [2.75, 3.05) is 0 Å². The van der Waals surface area contributed by atoms with Gasteiger partial charge in [-0.05, 0) is 40.5 Å². The Morgan fingerprint density at radius 3 is 2.50 bits per heavy atom. The summed E-state index contributed by atoms with van der Waals surface area (Å²) in [5, 5.41) is 13.3. The molecule has 2 aromatic rings. The first kappa shape index (κ1) is 13.1. The van der Waals surface area contributed by atoms with Gasteiger partial charge in [-0.3, -0.25) is 4.68 Å². The zero-order chi connectivity index (χ0) is 13.1. The molecule has 0 atom stereocenters. The fourth-order valence-electron chi connectivity index (χ4n) is 1.68. The molecule has 0 aliphatic rings. The molecule has 0 aliphatic heterocycles. The predicted molar refractivity (Wildman–Crippen MR) is 72.3 cm³/mol. The van der Waals surface area contributed by atoms with E-state index in [0.717, 1.165) is 27.2 Å². The van der Waals surface area contributed by atoms with Crippen molar-refractivity contribution in [2.24, 2.45) is 7.05 Å². The van der Waals surface area contributed by atoms with Crippen LogP contribution in [0, 0.1) is 6.92 Å². The number of hydrogen-bond acceptors (Lipinski definition) is 3. The number of aryl methyl sites for hydroxylation is 2. The molecule has 0 unspecified atom stereocenters. The van der Waals surface area contributed by atoms with Crippen molar-refractivity contribution in [3.63, 3.8) is 0 Å². The third-order valence-electron chi connectivity index (χ3n) is 2.74. The first-order valence-corrected chi connectivity index (χ1v) is 6.41. The summed E-state index contributed by atoms with van der Waals surface area (Å²) in [6, 6.07) is 7.39. The van der Waals surface area contributed by atoms with Gasteiger partial charge < -0.3 is 9.84 Å². The molecule has 5 heteroatoms. The van der Waals surface area contributed by atoms with Crippen molar-refractivity contribution in [3.8, 4) is 5.75 Å². The number of aliphatic hydroxyl groups excluding tert-OH is 1. The fourth-order valence-corrected chi connectivity index (χ4v) is 2.13. The van der Waals surface area contributed by atoms with Gasteiger partial charge in [0.25, 0.3) is 0 Å². The van der Waals surface area contributed by atoms with Gasteiger partial charge in [-0.1, -0.05) is 12.1 Å². The molecule has 18 heavy (non-hydrogen) atoms. The van der Waals surface area contributed by atoms with Crippen LogP contribution in [-0.2, 0) is 20.3 Å². The summed E-state index contributed by atoms with van der Waals surface area (Å²) in [6.07, 6.45) is 0. The van der Waals surface area contributed by atoms with Crippen molar-refractivity contribution in [1.29, 1.82) is 0 Å². The Labute approximate surface area is 114 Å². The lowest BCUT2D eigenvalue weighted by molar-refractivity contribution is 0.280. The van der Waals surface area contributed by atoms with Crippen molar-refractivity contribution < 1.29 is 9.84 Å². The molecule has 0 radical (unpaired) electrons. The van der Waals surface area contributed by atoms with Crippen LogP contribution in [0.2, 0.25) is 0 Å². The minimum atomic E-state index is 0.0484. The van der Waals surface area contributed by atoms with Gasteiger partial charge in [-0.25, -0.2) is 0 Å². The molecule has 1 aromatic heterocycles. The maximum absolute atomic E-state index is 8.95. The molecule has 0 amide bonds. The van der Waals surface area contributed by atoms with Crippen molar-refractivity contribution >= 4 is 15.9 Å². The Morgan fingerprint density at radius 1 is 1.33 bits per heavy atom. The highest BCUT2D eigenvalue weighted by Gasteiger charge is 2.10. The van der Waals surface area contributed by atoms with E-state index in [9.17, 15) is 0 Å². The first-order chi connectivity index (χ1) is 8.61. The second-order valence-corrected chi connectivity index (χ2v) is 4.85. The molecule has 0 bridgehead atoms. The summed E-state index contributed by atoms with van der Waals surface area (Å²) in [5.74, 6) is 0.776. The Hall–Kier alpha value is -1.33. The molecule has 1 heterocycles. The molecule has 96 valence electrons. The van der Waals surface area contributed by atoms with Gasteiger partial charge in [-0.15, -0.1) is 0 Å². The number of benzene rings is 1. The Bertz CT molecular complexity index is 535. The minimum absolute atomic E-state index is 0.0484. The average molecular weight is 311 g/mol. The van der Waals surface area contributed by atoms with Gasteiger partial charge in [-0.2, -0.15) is 5.10 Å². The fraction of sp³-hybridized carbons (Fsp3) is 0.308. The lowest BCUT2D eigenvalue weighted by Gasteiger charge is -2.07. The van der Waals surface area contributed by atoms with Crippen molar-refractivity contribution in [1.82, 2.24) is 9.78 Å². The molecular weight excluding hydrogens is 296 g/mol. The van der Waals surface area contributed by atoms with E-state index in [1.165, 1.54) is 0 Å². The van der Waals surface area contributed by atoms with Crippen molar-refractivity contribution in [2.45, 2.75) is 20.1 Å². The van der Waals surface area contributed by atoms with Crippen molar-refractivity contribution in [3.05, 3.63) is 45.7 Å². The van der Waals surface area contributed by atoms with Crippen LogP contribution in [-0.4, -0.2) is 14.9 Å². The third-order valence-corrected chi connectivity index (χ3v) is 3.77. The van der Waals surface area contributed by atoms with E-state index in [0.29, 0.717) is 6.61 Å². The molecular formula is C13H15BrN2O2. The zero-order valence-corrected chi connectivity index (χ0v) is 11.9. The number of hydrogen-bond donors (Lipinski definition) is 1. The van der Waals surface area contributed by atoms with E-state index in [1.54, 1.807) is 0 Å². The van der Waals surface area contributed by atoms with E-state index < -0.39 is 0 Å². The van der Waals surface area contributed by atoms with Crippen LogP contribution >= 0.6 is 15.9 Å². The Morgan fingerprint density at radius 2 is 2.00 bits per heavy atom. The average Bonchev–Trinajstić information content (AvgIpc) is 2.62. The molecule has 0 fully saturated rings. The van der Waals surface area contributed by atoms with Gasteiger partial charge in [0.05, 0.1) is 22.5 Å².